The van der Waals surface area contributed by atoms with E-state index in [1.165, 1.54) is 17.3 Å². The van der Waals surface area contributed by atoms with Crippen molar-refractivity contribution in [1.82, 2.24) is 4.90 Å². The highest BCUT2D eigenvalue weighted by molar-refractivity contribution is 8.18. The second-order valence-corrected chi connectivity index (χ2v) is 7.53. The number of hydrogen-bond acceptors (Lipinski definition) is 4. The maximum Gasteiger partial charge on any atom is 0.267 e. The summed E-state index contributed by atoms with van der Waals surface area (Å²) in [4.78, 5) is 21.0. The van der Waals surface area contributed by atoms with E-state index in [4.69, 9.17) is 0 Å². The van der Waals surface area contributed by atoms with E-state index in [-0.39, 0.29) is 11.9 Å². The van der Waals surface area contributed by atoms with Crippen LogP contribution in [0.25, 0.3) is 6.08 Å². The highest BCUT2D eigenvalue weighted by Crippen LogP contribution is 2.36. The fourth-order valence-electron chi connectivity index (χ4n) is 2.28. The molecule has 1 fully saturated rings. The van der Waals surface area contributed by atoms with Crippen molar-refractivity contribution < 1.29 is 4.79 Å². The summed E-state index contributed by atoms with van der Waals surface area (Å²) in [7, 11) is 0. The molecule has 118 valence electrons. The van der Waals surface area contributed by atoms with E-state index >= 15 is 0 Å². The average Bonchev–Trinajstić information content (AvgIpc) is 3.05. The summed E-state index contributed by atoms with van der Waals surface area (Å²) in [6, 6.07) is 11.9. The number of thiophene rings is 1. The summed E-state index contributed by atoms with van der Waals surface area (Å²) in [5.41, 5.74) is 2.06. The number of para-hydroxylation sites is 1. The van der Waals surface area contributed by atoms with Crippen molar-refractivity contribution in [2.45, 2.75) is 26.8 Å². The van der Waals surface area contributed by atoms with E-state index < -0.39 is 0 Å². The van der Waals surface area contributed by atoms with E-state index in [1.807, 2.05) is 55.6 Å². The van der Waals surface area contributed by atoms with Gasteiger partial charge in [0.1, 0.15) is 0 Å². The fourth-order valence-corrected chi connectivity index (χ4v) is 4.32. The quantitative estimate of drug-likeness (QED) is 0.730. The number of benzene rings is 1. The van der Waals surface area contributed by atoms with Crippen molar-refractivity contribution in [2.75, 3.05) is 0 Å². The van der Waals surface area contributed by atoms with Crippen LogP contribution < -0.4 is 0 Å². The van der Waals surface area contributed by atoms with Crippen molar-refractivity contribution in [2.24, 2.45) is 4.99 Å². The second-order valence-electron chi connectivity index (χ2n) is 5.58. The normalized spacial score (nSPS) is 18.6. The van der Waals surface area contributed by atoms with Crippen molar-refractivity contribution in [3.8, 4) is 0 Å². The van der Waals surface area contributed by atoms with Gasteiger partial charge in [0.05, 0.1) is 10.6 Å². The number of amides is 1. The third kappa shape index (κ3) is 3.41. The Morgan fingerprint density at radius 2 is 1.91 bits per heavy atom. The van der Waals surface area contributed by atoms with Gasteiger partial charge in [-0.3, -0.25) is 9.69 Å². The largest absolute Gasteiger partial charge is 0.284 e. The van der Waals surface area contributed by atoms with Crippen LogP contribution in [0.4, 0.5) is 5.69 Å². The number of aliphatic imine (C=N–C) groups is 1. The van der Waals surface area contributed by atoms with Crippen LogP contribution in [0.5, 0.6) is 0 Å². The van der Waals surface area contributed by atoms with Crippen molar-refractivity contribution in [1.29, 1.82) is 0 Å². The smallest absolute Gasteiger partial charge is 0.267 e. The van der Waals surface area contributed by atoms with Crippen molar-refractivity contribution in [3.05, 3.63) is 57.1 Å². The van der Waals surface area contributed by atoms with Gasteiger partial charge in [-0.25, -0.2) is 4.99 Å². The third-order valence-electron chi connectivity index (χ3n) is 3.50. The lowest BCUT2D eigenvalue weighted by molar-refractivity contribution is -0.123. The number of aryl methyl sites for hydroxylation is 1. The van der Waals surface area contributed by atoms with Crippen LogP contribution >= 0.6 is 23.1 Å². The lowest BCUT2D eigenvalue weighted by Crippen LogP contribution is -2.35. The molecule has 0 saturated carbocycles. The molecular formula is C18H18N2OS2. The molecule has 0 N–H and O–H groups in total. The Balaban J connectivity index is 1.98. The number of rotatable bonds is 3. The molecule has 5 heteroatoms. The highest BCUT2D eigenvalue weighted by atomic mass is 32.2. The summed E-state index contributed by atoms with van der Waals surface area (Å²) in [5, 5.41) is 2.79. The Labute approximate surface area is 144 Å². The molecule has 0 spiro atoms. The molecule has 1 aromatic heterocycles. The summed E-state index contributed by atoms with van der Waals surface area (Å²) in [5.74, 6) is 0.0347. The second kappa shape index (κ2) is 6.72. The van der Waals surface area contributed by atoms with Crippen LogP contribution in [-0.2, 0) is 4.79 Å². The number of nitrogens with zero attached hydrogens (tertiary/aromatic N) is 2. The molecule has 0 atom stereocenters. The van der Waals surface area contributed by atoms with E-state index in [0.717, 1.165) is 20.6 Å². The molecule has 0 aliphatic carbocycles. The van der Waals surface area contributed by atoms with Gasteiger partial charge in [-0.15, -0.1) is 11.3 Å². The molecular weight excluding hydrogens is 324 g/mol. The number of thioether (sulfide) groups is 1. The molecule has 1 aliphatic heterocycles. The average molecular weight is 342 g/mol. The summed E-state index contributed by atoms with van der Waals surface area (Å²) < 4.78 is 0. The molecule has 1 saturated heterocycles. The Hall–Kier alpha value is -1.85. The van der Waals surface area contributed by atoms with Crippen LogP contribution in [0.2, 0.25) is 0 Å². The Kier molecular flexibility index (Phi) is 4.68. The maximum atomic E-state index is 12.7. The first kappa shape index (κ1) is 16.0. The van der Waals surface area contributed by atoms with Gasteiger partial charge in [0, 0.05) is 10.9 Å². The highest BCUT2D eigenvalue weighted by Gasteiger charge is 2.35. The number of hydrogen-bond donors (Lipinski definition) is 0. The minimum atomic E-state index is 0.0347. The van der Waals surface area contributed by atoms with Gasteiger partial charge < -0.3 is 0 Å². The number of carbonyl (C=O) groups is 1. The molecule has 1 amide bonds. The number of carbonyl (C=O) groups excluding carboxylic acids is 1. The Bertz CT molecular complexity index is 775. The molecule has 0 bridgehead atoms. The summed E-state index contributed by atoms with van der Waals surface area (Å²) in [6.07, 6.45) is 1.98. The fraction of sp³-hybridized carbons (Fsp3) is 0.222. The van der Waals surface area contributed by atoms with Crippen LogP contribution in [0.15, 0.2) is 51.7 Å². The Morgan fingerprint density at radius 1 is 1.17 bits per heavy atom. The van der Waals surface area contributed by atoms with Gasteiger partial charge in [0.15, 0.2) is 5.17 Å². The zero-order valence-electron chi connectivity index (χ0n) is 13.3. The van der Waals surface area contributed by atoms with Gasteiger partial charge >= 0.3 is 0 Å². The van der Waals surface area contributed by atoms with Crippen LogP contribution in [0.1, 0.15) is 24.3 Å². The van der Waals surface area contributed by atoms with Crippen molar-refractivity contribution in [3.63, 3.8) is 0 Å². The zero-order valence-corrected chi connectivity index (χ0v) is 14.9. The molecule has 23 heavy (non-hydrogen) atoms. The minimum absolute atomic E-state index is 0.0347. The van der Waals surface area contributed by atoms with E-state index in [9.17, 15) is 4.79 Å². The summed E-state index contributed by atoms with van der Waals surface area (Å²) in [6.45, 7) is 6.09. The lowest BCUT2D eigenvalue weighted by atomic mass is 10.2. The van der Waals surface area contributed by atoms with Gasteiger partial charge in [-0.2, -0.15) is 0 Å². The first-order chi connectivity index (χ1) is 11.1. The van der Waals surface area contributed by atoms with Gasteiger partial charge in [0.25, 0.3) is 5.91 Å². The van der Waals surface area contributed by atoms with E-state index in [2.05, 4.69) is 18.0 Å². The van der Waals surface area contributed by atoms with Crippen LogP contribution in [-0.4, -0.2) is 22.0 Å². The topological polar surface area (TPSA) is 32.7 Å². The lowest BCUT2D eigenvalue weighted by Gasteiger charge is -2.19. The predicted molar refractivity (Wildman–Crippen MR) is 100 cm³/mol. The number of amidine groups is 1. The summed E-state index contributed by atoms with van der Waals surface area (Å²) >= 11 is 3.10. The first-order valence-electron chi connectivity index (χ1n) is 7.47. The molecule has 1 aromatic carbocycles. The molecule has 3 nitrogen and oxygen atoms in total. The van der Waals surface area contributed by atoms with Crippen molar-refractivity contribution >= 4 is 45.9 Å². The van der Waals surface area contributed by atoms with Crippen LogP contribution in [0, 0.1) is 6.92 Å². The van der Waals surface area contributed by atoms with E-state index in [0.29, 0.717) is 0 Å². The standard InChI is InChI=1S/C18H18N2OS2/c1-12(2)20-17(21)16(11-15-13(3)9-10-22-15)23-18(20)19-14-7-5-4-6-8-14/h4-12H,1-3H3/b16-11-,19-18?. The third-order valence-corrected chi connectivity index (χ3v) is 5.45. The first-order valence-corrected chi connectivity index (χ1v) is 9.17. The minimum Gasteiger partial charge on any atom is -0.284 e. The molecule has 2 aromatic rings. The molecule has 0 unspecified atom stereocenters. The maximum absolute atomic E-state index is 12.7. The molecule has 1 aliphatic rings. The van der Waals surface area contributed by atoms with E-state index in [1.54, 1.807) is 16.2 Å². The van der Waals surface area contributed by atoms with Gasteiger partial charge in [0.2, 0.25) is 0 Å². The SMILES string of the molecule is Cc1ccsc1/C=C1\SC(=Nc2ccccc2)N(C(C)C)C1=O. The Morgan fingerprint density at radius 3 is 2.52 bits per heavy atom. The molecule has 2 heterocycles. The predicted octanol–water partition coefficient (Wildman–Crippen LogP) is 5.07. The molecule has 3 rings (SSSR count). The molecule has 0 radical (unpaired) electrons. The van der Waals surface area contributed by atoms with Gasteiger partial charge in [-0.1, -0.05) is 18.2 Å². The monoisotopic (exact) mass is 342 g/mol. The van der Waals surface area contributed by atoms with Gasteiger partial charge in [-0.05, 0) is 67.8 Å². The zero-order chi connectivity index (χ0) is 16.4. The van der Waals surface area contributed by atoms with Crippen LogP contribution in [0.3, 0.4) is 0 Å².